The van der Waals surface area contributed by atoms with Crippen molar-refractivity contribution in [1.29, 1.82) is 0 Å². The number of hydrogen-bond donors (Lipinski definition) is 1. The highest BCUT2D eigenvalue weighted by Gasteiger charge is 2.13. The van der Waals surface area contributed by atoms with Gasteiger partial charge in [0.1, 0.15) is 23.0 Å². The van der Waals surface area contributed by atoms with Crippen molar-refractivity contribution in [3.8, 4) is 11.5 Å². The standard InChI is InChI=1S/C22H22N2O5S/c1-24(30(2,26)27)16-21-13-12-20(29-21)14-15-22(25)23-17-8-10-19(11-9-17)28-18-6-4-3-5-7-18/h3-15H,16H2,1-2H3,(H,23,25)/b15-14+. The number of furan rings is 1. The summed E-state index contributed by atoms with van der Waals surface area (Å²) in [5.41, 5.74) is 0.625. The highest BCUT2D eigenvalue weighted by atomic mass is 32.2. The molecule has 0 saturated heterocycles. The average Bonchev–Trinajstić information content (AvgIpc) is 3.15. The highest BCUT2D eigenvalue weighted by Crippen LogP contribution is 2.22. The molecule has 0 aliphatic rings. The van der Waals surface area contributed by atoms with Crippen LogP contribution in [0.1, 0.15) is 11.5 Å². The van der Waals surface area contributed by atoms with Gasteiger partial charge in [-0.05, 0) is 54.6 Å². The van der Waals surface area contributed by atoms with Gasteiger partial charge < -0.3 is 14.5 Å². The number of nitrogens with zero attached hydrogens (tertiary/aromatic N) is 1. The quantitative estimate of drug-likeness (QED) is 0.548. The number of benzene rings is 2. The van der Waals surface area contributed by atoms with E-state index in [1.807, 2.05) is 30.3 Å². The molecule has 3 aromatic rings. The Bertz CT molecular complexity index is 1120. The van der Waals surface area contributed by atoms with Gasteiger partial charge in [-0.25, -0.2) is 8.42 Å². The predicted octanol–water partition coefficient (Wildman–Crippen LogP) is 4.12. The lowest BCUT2D eigenvalue weighted by molar-refractivity contribution is -0.111. The van der Waals surface area contributed by atoms with E-state index in [2.05, 4.69) is 5.32 Å². The molecular weight excluding hydrogens is 404 g/mol. The maximum atomic E-state index is 12.1. The number of hydrogen-bond acceptors (Lipinski definition) is 5. The predicted molar refractivity (Wildman–Crippen MR) is 116 cm³/mol. The second-order valence-corrected chi connectivity index (χ2v) is 8.67. The molecular formula is C22H22N2O5S. The molecule has 0 spiro atoms. The summed E-state index contributed by atoms with van der Waals surface area (Å²) in [6, 6.07) is 19.8. The number of para-hydroxylation sites is 1. The molecule has 0 unspecified atom stereocenters. The summed E-state index contributed by atoms with van der Waals surface area (Å²) in [5.74, 6) is 2.01. The van der Waals surface area contributed by atoms with Crippen LogP contribution in [0.25, 0.3) is 6.08 Å². The lowest BCUT2D eigenvalue weighted by atomic mass is 10.3. The van der Waals surface area contributed by atoms with Crippen LogP contribution in [0.3, 0.4) is 0 Å². The average molecular weight is 426 g/mol. The van der Waals surface area contributed by atoms with E-state index >= 15 is 0 Å². The Labute approximate surface area is 175 Å². The Balaban J connectivity index is 1.53. The van der Waals surface area contributed by atoms with Crippen LogP contribution in [-0.2, 0) is 21.4 Å². The molecule has 7 nitrogen and oxygen atoms in total. The van der Waals surface area contributed by atoms with E-state index in [1.165, 1.54) is 23.5 Å². The van der Waals surface area contributed by atoms with E-state index in [0.29, 0.717) is 23.0 Å². The number of ether oxygens (including phenoxy) is 1. The van der Waals surface area contributed by atoms with Gasteiger partial charge >= 0.3 is 0 Å². The van der Waals surface area contributed by atoms with Gasteiger partial charge in [-0.2, -0.15) is 4.31 Å². The minimum absolute atomic E-state index is 0.121. The Morgan fingerprint density at radius 3 is 2.37 bits per heavy atom. The summed E-state index contributed by atoms with van der Waals surface area (Å²) in [4.78, 5) is 12.1. The van der Waals surface area contributed by atoms with Gasteiger partial charge in [0, 0.05) is 18.8 Å². The van der Waals surface area contributed by atoms with Crippen molar-refractivity contribution in [3.63, 3.8) is 0 Å². The molecule has 1 N–H and O–H groups in total. The molecule has 2 aromatic carbocycles. The summed E-state index contributed by atoms with van der Waals surface area (Å²) < 4.78 is 35.3. The zero-order chi connectivity index (χ0) is 21.6. The summed E-state index contributed by atoms with van der Waals surface area (Å²) in [7, 11) is -1.82. The summed E-state index contributed by atoms with van der Waals surface area (Å²) in [6.07, 6.45) is 3.99. The maximum absolute atomic E-state index is 12.1. The Morgan fingerprint density at radius 2 is 1.70 bits per heavy atom. The van der Waals surface area contributed by atoms with Crippen LogP contribution < -0.4 is 10.1 Å². The third-order valence-corrected chi connectivity index (χ3v) is 5.39. The van der Waals surface area contributed by atoms with Crippen LogP contribution in [0.15, 0.2) is 77.2 Å². The van der Waals surface area contributed by atoms with Crippen LogP contribution >= 0.6 is 0 Å². The van der Waals surface area contributed by atoms with Crippen molar-refractivity contribution < 1.29 is 22.4 Å². The smallest absolute Gasteiger partial charge is 0.248 e. The zero-order valence-corrected chi connectivity index (χ0v) is 17.4. The lowest BCUT2D eigenvalue weighted by Gasteiger charge is -2.11. The van der Waals surface area contributed by atoms with Gasteiger partial charge in [0.05, 0.1) is 12.8 Å². The Kier molecular flexibility index (Phi) is 6.71. The fourth-order valence-electron chi connectivity index (χ4n) is 2.48. The molecule has 0 saturated carbocycles. The Hall–Kier alpha value is -3.36. The van der Waals surface area contributed by atoms with E-state index in [1.54, 1.807) is 36.4 Å². The topological polar surface area (TPSA) is 88.8 Å². The van der Waals surface area contributed by atoms with Gasteiger partial charge in [0.15, 0.2) is 0 Å². The molecule has 30 heavy (non-hydrogen) atoms. The SMILES string of the molecule is CN(Cc1ccc(/C=C/C(=O)Nc2ccc(Oc3ccccc3)cc2)o1)S(C)(=O)=O. The van der Waals surface area contributed by atoms with Gasteiger partial charge in [0.25, 0.3) is 0 Å². The molecule has 0 bridgehead atoms. The van der Waals surface area contributed by atoms with Crippen LogP contribution in [-0.4, -0.2) is 31.9 Å². The monoisotopic (exact) mass is 426 g/mol. The summed E-state index contributed by atoms with van der Waals surface area (Å²) in [6.45, 7) is 0.121. The van der Waals surface area contributed by atoms with Crippen LogP contribution in [0.2, 0.25) is 0 Å². The number of carbonyl (C=O) groups is 1. The van der Waals surface area contributed by atoms with Crippen molar-refractivity contribution in [2.24, 2.45) is 0 Å². The minimum Gasteiger partial charge on any atom is -0.460 e. The normalized spacial score (nSPS) is 11.7. The highest BCUT2D eigenvalue weighted by molar-refractivity contribution is 7.88. The van der Waals surface area contributed by atoms with E-state index in [0.717, 1.165) is 12.0 Å². The largest absolute Gasteiger partial charge is 0.460 e. The molecule has 3 rings (SSSR count). The molecule has 1 heterocycles. The van der Waals surface area contributed by atoms with E-state index < -0.39 is 10.0 Å². The third kappa shape index (κ3) is 6.33. The molecule has 0 atom stereocenters. The first-order valence-electron chi connectivity index (χ1n) is 9.12. The zero-order valence-electron chi connectivity index (χ0n) is 16.6. The van der Waals surface area contributed by atoms with Gasteiger partial charge in [0.2, 0.25) is 15.9 Å². The van der Waals surface area contributed by atoms with Crippen molar-refractivity contribution in [3.05, 3.63) is 84.3 Å². The van der Waals surface area contributed by atoms with Gasteiger partial charge in [-0.15, -0.1) is 0 Å². The van der Waals surface area contributed by atoms with Gasteiger partial charge in [-0.3, -0.25) is 4.79 Å². The Morgan fingerprint density at radius 1 is 1.03 bits per heavy atom. The first-order valence-corrected chi connectivity index (χ1v) is 11.0. The van der Waals surface area contributed by atoms with Crippen molar-refractivity contribution in [2.75, 3.05) is 18.6 Å². The molecule has 0 fully saturated rings. The minimum atomic E-state index is -3.29. The molecule has 0 aliphatic carbocycles. The van der Waals surface area contributed by atoms with Crippen molar-refractivity contribution >= 4 is 27.7 Å². The van der Waals surface area contributed by atoms with E-state index in [9.17, 15) is 13.2 Å². The second-order valence-electron chi connectivity index (χ2n) is 6.59. The molecule has 0 radical (unpaired) electrons. The number of carbonyl (C=O) groups excluding carboxylic acids is 1. The molecule has 1 amide bonds. The third-order valence-electron chi connectivity index (χ3n) is 4.13. The molecule has 1 aromatic heterocycles. The first kappa shape index (κ1) is 21.4. The van der Waals surface area contributed by atoms with Crippen molar-refractivity contribution in [1.82, 2.24) is 4.31 Å². The van der Waals surface area contributed by atoms with Gasteiger partial charge in [-0.1, -0.05) is 18.2 Å². The first-order chi connectivity index (χ1) is 14.3. The maximum Gasteiger partial charge on any atom is 0.248 e. The van der Waals surface area contributed by atoms with E-state index in [4.69, 9.17) is 9.15 Å². The van der Waals surface area contributed by atoms with E-state index in [-0.39, 0.29) is 12.5 Å². The van der Waals surface area contributed by atoms with Crippen LogP contribution in [0, 0.1) is 0 Å². The molecule has 0 aliphatic heterocycles. The molecule has 156 valence electrons. The number of rotatable bonds is 8. The number of nitrogens with one attached hydrogen (secondary N) is 1. The summed E-state index contributed by atoms with van der Waals surface area (Å²) in [5, 5.41) is 2.75. The lowest BCUT2D eigenvalue weighted by Crippen LogP contribution is -2.24. The summed E-state index contributed by atoms with van der Waals surface area (Å²) >= 11 is 0. The van der Waals surface area contributed by atoms with Crippen LogP contribution in [0.5, 0.6) is 11.5 Å². The molecule has 8 heteroatoms. The second kappa shape index (κ2) is 9.43. The number of amides is 1. The number of sulfonamides is 1. The van der Waals surface area contributed by atoms with Crippen LogP contribution in [0.4, 0.5) is 5.69 Å². The fraction of sp³-hybridized carbons (Fsp3) is 0.136. The van der Waals surface area contributed by atoms with Crippen molar-refractivity contribution in [2.45, 2.75) is 6.54 Å². The fourth-order valence-corrected chi connectivity index (χ4v) is 2.84. The number of anilines is 1.